The molecule has 0 aliphatic carbocycles. The minimum absolute atomic E-state index is 0. The normalized spacial score (nSPS) is 10.6. The third kappa shape index (κ3) is 6.84. The molecule has 0 aliphatic heterocycles. The van der Waals surface area contributed by atoms with Crippen LogP contribution in [0.1, 0.15) is 44.6 Å². The lowest BCUT2D eigenvalue weighted by atomic mass is 10.0. The minimum Gasteiger partial charge on any atom is -0.355 e. The number of carbonyl (C=O) groups is 1. The molecule has 25 heavy (non-hydrogen) atoms. The molecule has 1 heterocycles. The molecule has 0 atom stereocenters. The van der Waals surface area contributed by atoms with Gasteiger partial charge in [0.2, 0.25) is 17.6 Å². The Bertz CT molecular complexity index is 641. The van der Waals surface area contributed by atoms with Gasteiger partial charge < -0.3 is 15.2 Å². The van der Waals surface area contributed by atoms with Gasteiger partial charge in [-0.15, -0.1) is 12.4 Å². The fourth-order valence-corrected chi connectivity index (χ4v) is 2.27. The largest absolute Gasteiger partial charge is 0.355 e. The highest BCUT2D eigenvalue weighted by atomic mass is 35.5. The first-order valence-electron chi connectivity index (χ1n) is 8.50. The summed E-state index contributed by atoms with van der Waals surface area (Å²) in [7, 11) is 0. The van der Waals surface area contributed by atoms with E-state index < -0.39 is 0 Å². The molecule has 7 heteroatoms. The molecule has 2 N–H and O–H groups in total. The molecule has 0 saturated heterocycles. The standard InChI is InChI=1S/C18H26N4O2.ClH/c1-4-19-11-12-20-16(23)9-10-17-21-18(22-24-17)15-7-5-14(6-8-15)13(2)3;/h5-8,13,19H,4,9-12H2,1-3H3,(H,20,23);1H. The second-order valence-electron chi connectivity index (χ2n) is 5.99. The van der Waals surface area contributed by atoms with Crippen LogP contribution in [0.25, 0.3) is 11.4 Å². The first-order valence-corrected chi connectivity index (χ1v) is 8.50. The molecule has 0 saturated carbocycles. The number of nitrogens with one attached hydrogen (secondary N) is 2. The van der Waals surface area contributed by atoms with Crippen LogP contribution in [-0.4, -0.2) is 35.7 Å². The van der Waals surface area contributed by atoms with E-state index in [1.807, 2.05) is 19.1 Å². The molecule has 0 bridgehead atoms. The van der Waals surface area contributed by atoms with Crippen molar-refractivity contribution in [3.63, 3.8) is 0 Å². The number of hydrogen-bond donors (Lipinski definition) is 2. The Hall–Kier alpha value is -1.92. The van der Waals surface area contributed by atoms with Gasteiger partial charge in [0.25, 0.3) is 0 Å². The van der Waals surface area contributed by atoms with Crippen LogP contribution in [0.3, 0.4) is 0 Å². The number of aromatic nitrogens is 2. The van der Waals surface area contributed by atoms with Gasteiger partial charge in [-0.05, 0) is 18.0 Å². The molecular formula is C18H27ClN4O2. The molecule has 138 valence electrons. The van der Waals surface area contributed by atoms with Crippen LogP contribution in [0.2, 0.25) is 0 Å². The Balaban J connectivity index is 0.00000312. The zero-order valence-electron chi connectivity index (χ0n) is 15.0. The fraction of sp³-hybridized carbons (Fsp3) is 0.500. The van der Waals surface area contributed by atoms with Crippen molar-refractivity contribution in [3.8, 4) is 11.4 Å². The van der Waals surface area contributed by atoms with E-state index in [2.05, 4.69) is 46.8 Å². The molecule has 2 rings (SSSR count). The van der Waals surface area contributed by atoms with Gasteiger partial charge in [-0.2, -0.15) is 4.98 Å². The van der Waals surface area contributed by atoms with Crippen LogP contribution >= 0.6 is 12.4 Å². The number of benzene rings is 1. The van der Waals surface area contributed by atoms with Crippen LogP contribution in [0.4, 0.5) is 0 Å². The van der Waals surface area contributed by atoms with Gasteiger partial charge in [0.15, 0.2) is 0 Å². The molecule has 1 aromatic carbocycles. The Kier molecular flexibility index (Phi) is 9.16. The van der Waals surface area contributed by atoms with E-state index >= 15 is 0 Å². The summed E-state index contributed by atoms with van der Waals surface area (Å²) in [6.45, 7) is 8.66. The first-order chi connectivity index (χ1) is 11.6. The molecule has 0 fully saturated rings. The van der Waals surface area contributed by atoms with Crippen molar-refractivity contribution in [2.45, 2.75) is 39.5 Å². The van der Waals surface area contributed by atoms with Gasteiger partial charge in [-0.25, -0.2) is 0 Å². The van der Waals surface area contributed by atoms with E-state index in [1.165, 1.54) is 5.56 Å². The predicted molar refractivity (Wildman–Crippen MR) is 101 cm³/mol. The summed E-state index contributed by atoms with van der Waals surface area (Å²) in [5.74, 6) is 1.53. The first kappa shape index (κ1) is 21.1. The van der Waals surface area contributed by atoms with E-state index in [-0.39, 0.29) is 18.3 Å². The smallest absolute Gasteiger partial charge is 0.227 e. The number of amides is 1. The quantitative estimate of drug-likeness (QED) is 0.667. The summed E-state index contributed by atoms with van der Waals surface area (Å²) < 4.78 is 5.24. The maximum atomic E-state index is 11.7. The monoisotopic (exact) mass is 366 g/mol. The molecule has 0 unspecified atom stereocenters. The number of hydrogen-bond acceptors (Lipinski definition) is 5. The van der Waals surface area contributed by atoms with Gasteiger partial charge in [-0.1, -0.05) is 50.2 Å². The number of likely N-dealkylation sites (N-methyl/N-ethyl adjacent to an activating group) is 1. The van der Waals surface area contributed by atoms with E-state index in [1.54, 1.807) is 0 Å². The zero-order chi connectivity index (χ0) is 17.4. The molecule has 1 amide bonds. The Morgan fingerprint density at radius 1 is 1.20 bits per heavy atom. The Morgan fingerprint density at radius 3 is 2.56 bits per heavy atom. The Morgan fingerprint density at radius 2 is 1.92 bits per heavy atom. The van der Waals surface area contributed by atoms with Crippen LogP contribution in [0, 0.1) is 0 Å². The lowest BCUT2D eigenvalue weighted by Crippen LogP contribution is -2.31. The van der Waals surface area contributed by atoms with Crippen LogP contribution in [-0.2, 0) is 11.2 Å². The summed E-state index contributed by atoms with van der Waals surface area (Å²) in [6, 6.07) is 8.15. The SMILES string of the molecule is CCNCCNC(=O)CCc1nc(-c2ccc(C(C)C)cc2)no1.Cl. The molecule has 2 aromatic rings. The molecule has 6 nitrogen and oxygen atoms in total. The molecular weight excluding hydrogens is 340 g/mol. The van der Waals surface area contributed by atoms with E-state index in [9.17, 15) is 4.79 Å². The van der Waals surface area contributed by atoms with Crippen LogP contribution < -0.4 is 10.6 Å². The fourth-order valence-electron chi connectivity index (χ4n) is 2.27. The van der Waals surface area contributed by atoms with Crippen molar-refractivity contribution in [1.29, 1.82) is 0 Å². The predicted octanol–water partition coefficient (Wildman–Crippen LogP) is 2.94. The van der Waals surface area contributed by atoms with Crippen LogP contribution in [0.5, 0.6) is 0 Å². The third-order valence-electron chi connectivity index (χ3n) is 3.74. The van der Waals surface area contributed by atoms with E-state index in [0.29, 0.717) is 37.0 Å². The highest BCUT2D eigenvalue weighted by Crippen LogP contribution is 2.20. The second-order valence-corrected chi connectivity index (χ2v) is 5.99. The molecule has 1 aromatic heterocycles. The van der Waals surface area contributed by atoms with Gasteiger partial charge in [0.05, 0.1) is 0 Å². The maximum absolute atomic E-state index is 11.7. The molecule has 0 spiro atoms. The number of halogens is 1. The number of rotatable bonds is 9. The minimum atomic E-state index is -0.00561. The van der Waals surface area contributed by atoms with Crippen molar-refractivity contribution in [2.75, 3.05) is 19.6 Å². The highest BCUT2D eigenvalue weighted by molar-refractivity contribution is 5.85. The molecule has 0 radical (unpaired) electrons. The van der Waals surface area contributed by atoms with Gasteiger partial charge in [0.1, 0.15) is 0 Å². The lowest BCUT2D eigenvalue weighted by Gasteiger charge is -2.04. The second kappa shape index (κ2) is 10.8. The summed E-state index contributed by atoms with van der Waals surface area (Å²) in [4.78, 5) is 16.1. The number of aryl methyl sites for hydroxylation is 1. The van der Waals surface area contributed by atoms with Crippen LogP contribution in [0.15, 0.2) is 28.8 Å². The van der Waals surface area contributed by atoms with Crippen molar-refractivity contribution >= 4 is 18.3 Å². The summed E-state index contributed by atoms with van der Waals surface area (Å²) in [5, 5.41) is 10.0. The topological polar surface area (TPSA) is 80.0 Å². The van der Waals surface area contributed by atoms with Crippen molar-refractivity contribution in [1.82, 2.24) is 20.8 Å². The summed E-state index contributed by atoms with van der Waals surface area (Å²) in [6.07, 6.45) is 0.796. The van der Waals surface area contributed by atoms with E-state index in [4.69, 9.17) is 4.52 Å². The van der Waals surface area contributed by atoms with Crippen molar-refractivity contribution in [2.24, 2.45) is 0 Å². The Labute approximate surface area is 155 Å². The summed E-state index contributed by atoms with van der Waals surface area (Å²) >= 11 is 0. The maximum Gasteiger partial charge on any atom is 0.227 e. The number of nitrogens with zero attached hydrogens (tertiary/aromatic N) is 2. The van der Waals surface area contributed by atoms with Gasteiger partial charge >= 0.3 is 0 Å². The van der Waals surface area contributed by atoms with E-state index in [0.717, 1.165) is 18.7 Å². The van der Waals surface area contributed by atoms with Crippen molar-refractivity contribution < 1.29 is 9.32 Å². The van der Waals surface area contributed by atoms with Gasteiger partial charge in [-0.3, -0.25) is 4.79 Å². The summed E-state index contributed by atoms with van der Waals surface area (Å²) in [5.41, 5.74) is 2.20. The average molecular weight is 367 g/mol. The van der Waals surface area contributed by atoms with Gasteiger partial charge in [0, 0.05) is 31.5 Å². The highest BCUT2D eigenvalue weighted by Gasteiger charge is 2.11. The third-order valence-corrected chi connectivity index (χ3v) is 3.74. The molecule has 0 aliphatic rings. The average Bonchev–Trinajstić information content (AvgIpc) is 3.06. The number of carbonyl (C=O) groups excluding carboxylic acids is 1. The zero-order valence-corrected chi connectivity index (χ0v) is 15.9. The van der Waals surface area contributed by atoms with Crippen molar-refractivity contribution in [3.05, 3.63) is 35.7 Å². The lowest BCUT2D eigenvalue weighted by molar-refractivity contribution is -0.121.